The van der Waals surface area contributed by atoms with E-state index in [0.29, 0.717) is 21.7 Å². The van der Waals surface area contributed by atoms with Crippen LogP contribution in [0.4, 0.5) is 0 Å². The van der Waals surface area contributed by atoms with E-state index in [0.717, 1.165) is 0 Å². The molecule has 3 rings (SSSR count). The van der Waals surface area contributed by atoms with E-state index >= 15 is 0 Å². The molecule has 116 valence electrons. The van der Waals surface area contributed by atoms with Crippen LogP contribution in [0, 0.1) is 67.0 Å². The number of rotatable bonds is 0. The van der Waals surface area contributed by atoms with Crippen LogP contribution >= 0.6 is 0 Å². The van der Waals surface area contributed by atoms with Crippen molar-refractivity contribution < 1.29 is 13.3 Å². The molecular formula is C18H6N4O3. The van der Waals surface area contributed by atoms with E-state index < -0.39 is 0 Å². The third-order valence-corrected chi connectivity index (χ3v) is 3.24. The standard InChI is InChI=1S/C18H6N4O3/c19-7-11(8-20)13-1-3-15(23-13)17-5-6-18(25-17)16-4-2-14(24-16)12(9-21)10-22/h1-6H/b17-15-,18-16-. The zero-order chi connectivity index (χ0) is 17.8. The first kappa shape index (κ1) is 15.4. The molecule has 0 bridgehead atoms. The highest BCUT2D eigenvalue weighted by Crippen LogP contribution is 2.03. The largest absolute Gasteiger partial charge is 0.451 e. The van der Waals surface area contributed by atoms with E-state index in [2.05, 4.69) is 0 Å². The van der Waals surface area contributed by atoms with Crippen molar-refractivity contribution in [3.05, 3.63) is 68.9 Å². The molecule has 3 aromatic rings. The highest BCUT2D eigenvalue weighted by molar-refractivity contribution is 5.71. The Bertz CT molecular complexity index is 1300. The number of nitrogens with zero attached hydrogens (tertiary/aromatic N) is 4. The molecule has 7 heteroatoms. The molecule has 0 unspecified atom stereocenters. The molecule has 0 radical (unpaired) electrons. The molecule has 0 fully saturated rings. The Morgan fingerprint density at radius 3 is 1.20 bits per heavy atom. The van der Waals surface area contributed by atoms with Crippen LogP contribution in [0.2, 0.25) is 0 Å². The van der Waals surface area contributed by atoms with Crippen molar-refractivity contribution in [3.63, 3.8) is 0 Å². The highest BCUT2D eigenvalue weighted by atomic mass is 16.4. The van der Waals surface area contributed by atoms with Crippen molar-refractivity contribution in [2.45, 2.75) is 0 Å². The summed E-state index contributed by atoms with van der Waals surface area (Å²) in [7, 11) is 0. The second-order valence-corrected chi connectivity index (χ2v) is 4.69. The van der Waals surface area contributed by atoms with Crippen molar-refractivity contribution in [1.82, 2.24) is 0 Å². The minimum absolute atomic E-state index is 0.134. The van der Waals surface area contributed by atoms with Gasteiger partial charge >= 0.3 is 0 Å². The first-order chi connectivity index (χ1) is 12.2. The molecule has 0 saturated heterocycles. The van der Waals surface area contributed by atoms with Gasteiger partial charge in [-0.05, 0) is 36.4 Å². The first-order valence-electron chi connectivity index (χ1n) is 6.85. The maximum absolute atomic E-state index is 8.85. The van der Waals surface area contributed by atoms with Crippen molar-refractivity contribution in [2.24, 2.45) is 0 Å². The van der Waals surface area contributed by atoms with Crippen LogP contribution in [0.5, 0.6) is 0 Å². The zero-order valence-electron chi connectivity index (χ0n) is 12.5. The zero-order valence-corrected chi connectivity index (χ0v) is 12.5. The molecule has 0 spiro atoms. The number of furan rings is 3. The summed E-state index contributed by atoms with van der Waals surface area (Å²) in [4.78, 5) is 0. The van der Waals surface area contributed by atoms with E-state index in [-0.39, 0.29) is 22.0 Å². The van der Waals surface area contributed by atoms with E-state index in [9.17, 15) is 0 Å². The van der Waals surface area contributed by atoms with E-state index in [1.807, 2.05) is 0 Å². The molecule has 0 aliphatic carbocycles. The fourth-order valence-electron chi connectivity index (χ4n) is 2.08. The fourth-order valence-corrected chi connectivity index (χ4v) is 2.08. The van der Waals surface area contributed by atoms with Crippen LogP contribution in [0.1, 0.15) is 0 Å². The lowest BCUT2D eigenvalue weighted by atomic mass is 10.3. The van der Waals surface area contributed by atoms with E-state index in [1.165, 1.54) is 12.1 Å². The Kier molecular flexibility index (Phi) is 3.92. The molecule has 0 atom stereocenters. The summed E-state index contributed by atoms with van der Waals surface area (Å²) in [5, 5.41) is 35.4. The third-order valence-electron chi connectivity index (χ3n) is 3.24. The molecule has 0 aliphatic heterocycles. The van der Waals surface area contributed by atoms with Gasteiger partial charge in [0.25, 0.3) is 0 Å². The lowest BCUT2D eigenvalue weighted by Gasteiger charge is -1.78. The number of hydrogen-bond acceptors (Lipinski definition) is 7. The molecule has 0 aromatic carbocycles. The Balaban J connectivity index is 2.32. The molecule has 3 heterocycles. The van der Waals surface area contributed by atoms with Crippen molar-refractivity contribution in [1.29, 1.82) is 21.0 Å². The van der Waals surface area contributed by atoms with Crippen molar-refractivity contribution >= 4 is 11.1 Å². The quantitative estimate of drug-likeness (QED) is 0.609. The van der Waals surface area contributed by atoms with Gasteiger partial charge < -0.3 is 13.3 Å². The monoisotopic (exact) mass is 326 g/mol. The maximum atomic E-state index is 8.85. The van der Waals surface area contributed by atoms with Gasteiger partial charge in [0.1, 0.15) is 24.3 Å². The van der Waals surface area contributed by atoms with Gasteiger partial charge in [-0.15, -0.1) is 0 Å². The molecule has 0 amide bonds. The second kappa shape index (κ2) is 6.34. The minimum atomic E-state index is -0.134. The molecule has 0 N–H and O–H groups in total. The highest BCUT2D eigenvalue weighted by Gasteiger charge is 2.01. The summed E-state index contributed by atoms with van der Waals surface area (Å²) in [6, 6.07) is 16.4. The van der Waals surface area contributed by atoms with Crippen LogP contribution in [-0.4, -0.2) is 0 Å². The second-order valence-electron chi connectivity index (χ2n) is 4.69. The first-order valence-corrected chi connectivity index (χ1v) is 6.85. The average molecular weight is 326 g/mol. The van der Waals surface area contributed by atoms with E-state index in [4.69, 9.17) is 34.3 Å². The lowest BCUT2D eigenvalue weighted by molar-refractivity contribution is 0.428. The number of hydrogen-bond donors (Lipinski definition) is 0. The van der Waals surface area contributed by atoms with Crippen LogP contribution in [0.15, 0.2) is 49.6 Å². The topological polar surface area (TPSA) is 135 Å². The van der Waals surface area contributed by atoms with Crippen LogP contribution < -0.4 is 10.8 Å². The van der Waals surface area contributed by atoms with Gasteiger partial charge in [0, 0.05) is 0 Å². The Morgan fingerprint density at radius 1 is 0.520 bits per heavy atom. The molecule has 7 nitrogen and oxygen atoms in total. The summed E-state index contributed by atoms with van der Waals surface area (Å²) in [5.74, 6) is 0. The third kappa shape index (κ3) is 2.78. The van der Waals surface area contributed by atoms with Gasteiger partial charge in [0.2, 0.25) is 0 Å². The van der Waals surface area contributed by atoms with E-state index in [1.54, 1.807) is 48.5 Å². The van der Waals surface area contributed by atoms with Gasteiger partial charge in [-0.3, -0.25) is 0 Å². The Hall–Kier alpha value is -4.46. The summed E-state index contributed by atoms with van der Waals surface area (Å²) in [6.07, 6.45) is 0. The minimum Gasteiger partial charge on any atom is -0.451 e. The molecule has 0 aliphatic rings. The normalized spacial score (nSPS) is 12.3. The van der Waals surface area contributed by atoms with Crippen molar-refractivity contribution in [3.8, 4) is 24.3 Å². The maximum Gasteiger partial charge on any atom is 0.172 e. The van der Waals surface area contributed by atoms with Crippen LogP contribution in [0.3, 0.4) is 0 Å². The van der Waals surface area contributed by atoms with Gasteiger partial charge in [-0.2, -0.15) is 21.0 Å². The molecule has 3 aromatic heterocycles. The molecular weight excluding hydrogens is 320 g/mol. The van der Waals surface area contributed by atoms with Gasteiger partial charge in [0.05, 0.1) is 0 Å². The Labute approximate surface area is 139 Å². The Morgan fingerprint density at radius 2 is 0.840 bits per heavy atom. The number of nitriles is 4. The van der Waals surface area contributed by atoms with Gasteiger partial charge in [-0.25, -0.2) is 0 Å². The average Bonchev–Trinajstić information content (AvgIpc) is 3.37. The summed E-state index contributed by atoms with van der Waals surface area (Å²) >= 11 is 0. The smallest absolute Gasteiger partial charge is 0.172 e. The van der Waals surface area contributed by atoms with Crippen LogP contribution in [0.25, 0.3) is 11.1 Å². The van der Waals surface area contributed by atoms with Crippen LogP contribution in [-0.2, 0) is 0 Å². The predicted molar refractivity (Wildman–Crippen MR) is 80.0 cm³/mol. The fraction of sp³-hybridized carbons (Fsp3) is 0. The summed E-state index contributed by atoms with van der Waals surface area (Å²) in [6.45, 7) is 0. The van der Waals surface area contributed by atoms with Gasteiger partial charge in [0.15, 0.2) is 43.6 Å². The van der Waals surface area contributed by atoms with Gasteiger partial charge in [-0.1, -0.05) is 0 Å². The SMILES string of the molecule is N#CC(C#N)=c1cc/c(=c2\cc/c(=c3\ccc(=C(C#N)C#N)o3)o2)o1. The predicted octanol–water partition coefficient (Wildman–Crippen LogP) is 1.44. The molecule has 0 saturated carbocycles. The summed E-state index contributed by atoms with van der Waals surface area (Å²) < 4.78 is 16.5. The lowest BCUT2D eigenvalue weighted by Crippen LogP contribution is -1.97. The summed E-state index contributed by atoms with van der Waals surface area (Å²) in [5.41, 5.74) is 1.48. The molecule has 25 heavy (non-hydrogen) atoms. The van der Waals surface area contributed by atoms with Crippen molar-refractivity contribution in [2.75, 3.05) is 0 Å².